The topological polar surface area (TPSA) is 151 Å². The van der Waals surface area contributed by atoms with Crippen molar-refractivity contribution in [2.24, 2.45) is 0 Å². The molecule has 0 fully saturated rings. The van der Waals surface area contributed by atoms with E-state index in [1.807, 2.05) is 36.4 Å². The third kappa shape index (κ3) is 2.60. The fourth-order valence-electron chi connectivity index (χ4n) is 4.25. The predicted molar refractivity (Wildman–Crippen MR) is 116 cm³/mol. The van der Waals surface area contributed by atoms with Gasteiger partial charge in [0.1, 0.15) is 28.9 Å². The highest BCUT2D eigenvalue weighted by molar-refractivity contribution is 5.91. The lowest BCUT2D eigenvalue weighted by atomic mass is 9.80. The summed E-state index contributed by atoms with van der Waals surface area (Å²) in [6, 6.07) is 14.7. The second-order valence-corrected chi connectivity index (χ2v) is 7.43. The van der Waals surface area contributed by atoms with E-state index in [4.69, 9.17) is 16.2 Å². The summed E-state index contributed by atoms with van der Waals surface area (Å²) in [6.07, 6.45) is 0. The maximum absolute atomic E-state index is 13.0. The number of nitrogens with zero attached hydrogens (tertiary/aromatic N) is 2. The smallest absolute Gasteiger partial charge is 0.256 e. The molecule has 1 aliphatic heterocycles. The molecule has 0 radical (unpaired) electrons. The Kier molecular flexibility index (Phi) is 3.88. The molecule has 8 heteroatoms. The Morgan fingerprint density at radius 1 is 1.16 bits per heavy atom. The number of hydrogen-bond donors (Lipinski definition) is 4. The van der Waals surface area contributed by atoms with Crippen LogP contribution in [0.3, 0.4) is 0 Å². The van der Waals surface area contributed by atoms with Crippen molar-refractivity contribution in [3.8, 4) is 23.4 Å². The summed E-state index contributed by atoms with van der Waals surface area (Å²) in [5.74, 6) is -0.515. The van der Waals surface area contributed by atoms with Crippen molar-refractivity contribution in [2.45, 2.75) is 12.8 Å². The fraction of sp³-hybridized carbons (Fsp3) is 0.0870. The lowest BCUT2D eigenvalue weighted by Crippen LogP contribution is -2.24. The first-order valence-corrected chi connectivity index (χ1v) is 9.52. The average molecular weight is 411 g/mol. The van der Waals surface area contributed by atoms with Crippen LogP contribution in [0.5, 0.6) is 17.4 Å². The summed E-state index contributed by atoms with van der Waals surface area (Å²) in [4.78, 5) is 20.0. The third-order valence-electron chi connectivity index (χ3n) is 5.57. The first-order valence-electron chi connectivity index (χ1n) is 9.52. The summed E-state index contributed by atoms with van der Waals surface area (Å²) in [5, 5.41) is 22.1. The molecule has 6 N–H and O–H groups in total. The number of nitrogens with two attached hydrogens (primary N) is 2. The Morgan fingerprint density at radius 3 is 2.68 bits per heavy atom. The van der Waals surface area contributed by atoms with Gasteiger partial charge in [-0.3, -0.25) is 4.79 Å². The predicted octanol–water partition coefficient (Wildman–Crippen LogP) is 3.26. The highest BCUT2D eigenvalue weighted by Gasteiger charge is 2.38. The molecule has 1 atom stereocenters. The van der Waals surface area contributed by atoms with E-state index >= 15 is 0 Å². The van der Waals surface area contributed by atoms with E-state index in [1.54, 1.807) is 13.0 Å². The van der Waals surface area contributed by atoms with Crippen LogP contribution >= 0.6 is 0 Å². The highest BCUT2D eigenvalue weighted by atomic mass is 16.5. The number of benzene rings is 2. The van der Waals surface area contributed by atoms with Gasteiger partial charge in [0.2, 0.25) is 5.88 Å². The number of nitriles is 1. The number of fused-ring (bicyclic) bond motifs is 4. The number of anilines is 2. The minimum absolute atomic E-state index is 0.000864. The van der Waals surface area contributed by atoms with E-state index in [0.29, 0.717) is 22.6 Å². The molecule has 8 nitrogen and oxygen atoms in total. The number of hydrogen-bond acceptors (Lipinski definition) is 7. The maximum atomic E-state index is 13.0. The third-order valence-corrected chi connectivity index (χ3v) is 5.57. The van der Waals surface area contributed by atoms with Crippen molar-refractivity contribution in [1.29, 1.82) is 5.26 Å². The van der Waals surface area contributed by atoms with Crippen molar-refractivity contribution in [3.05, 3.63) is 80.8 Å². The van der Waals surface area contributed by atoms with E-state index in [2.05, 4.69) is 9.97 Å². The summed E-state index contributed by atoms with van der Waals surface area (Å²) in [6.45, 7) is 1.68. The minimum Gasteiger partial charge on any atom is -0.507 e. The van der Waals surface area contributed by atoms with Gasteiger partial charge >= 0.3 is 0 Å². The fourth-order valence-corrected chi connectivity index (χ4v) is 4.25. The molecule has 1 aliphatic rings. The molecule has 0 saturated carbocycles. The van der Waals surface area contributed by atoms with Crippen LogP contribution in [-0.4, -0.2) is 15.1 Å². The van der Waals surface area contributed by atoms with Crippen molar-refractivity contribution in [3.63, 3.8) is 0 Å². The van der Waals surface area contributed by atoms with Crippen LogP contribution in [0.25, 0.3) is 10.8 Å². The summed E-state index contributed by atoms with van der Waals surface area (Å²) >= 11 is 0. The molecule has 4 aromatic rings. The zero-order valence-corrected chi connectivity index (χ0v) is 16.4. The van der Waals surface area contributed by atoms with Crippen molar-refractivity contribution >= 4 is 22.3 Å². The molecular weight excluding hydrogens is 394 g/mol. The quantitative estimate of drug-likeness (QED) is 0.330. The van der Waals surface area contributed by atoms with Crippen LogP contribution in [0.1, 0.15) is 33.9 Å². The number of ether oxygens (including phenoxy) is 1. The van der Waals surface area contributed by atoms with Crippen molar-refractivity contribution in [2.75, 3.05) is 11.5 Å². The molecule has 0 saturated heterocycles. The molecule has 1 unspecified atom stereocenters. The molecule has 152 valence electrons. The van der Waals surface area contributed by atoms with E-state index < -0.39 is 11.5 Å². The number of H-pyrrole nitrogens is 1. The van der Waals surface area contributed by atoms with Gasteiger partial charge in [-0.2, -0.15) is 10.2 Å². The van der Waals surface area contributed by atoms with Crippen molar-refractivity contribution < 1.29 is 9.84 Å². The Balaban J connectivity index is 1.97. The zero-order chi connectivity index (χ0) is 21.9. The molecule has 5 rings (SSSR count). The molecule has 0 bridgehead atoms. The SMILES string of the molecule is Cc1cc(O)c(C2c3c(nc(N)c(C#N)c3N)Oc3ccc4ccccc4c32)c(=O)[nH]1. The summed E-state index contributed by atoms with van der Waals surface area (Å²) < 4.78 is 6.03. The molecule has 0 amide bonds. The summed E-state index contributed by atoms with van der Waals surface area (Å²) in [7, 11) is 0. The van der Waals surface area contributed by atoms with E-state index in [-0.39, 0.29) is 34.3 Å². The van der Waals surface area contributed by atoms with Gasteiger partial charge in [0.15, 0.2) is 0 Å². The number of aryl methyl sites for hydroxylation is 1. The van der Waals surface area contributed by atoms with Crippen LogP contribution in [0, 0.1) is 18.3 Å². The Bertz CT molecular complexity index is 1500. The lowest BCUT2D eigenvalue weighted by molar-refractivity contribution is 0.430. The molecule has 31 heavy (non-hydrogen) atoms. The van der Waals surface area contributed by atoms with Gasteiger partial charge in [0.25, 0.3) is 5.56 Å². The Hall–Kier alpha value is -4.51. The van der Waals surface area contributed by atoms with Crippen LogP contribution < -0.4 is 21.8 Å². The second-order valence-electron chi connectivity index (χ2n) is 7.43. The van der Waals surface area contributed by atoms with E-state index in [9.17, 15) is 15.2 Å². The van der Waals surface area contributed by atoms with E-state index in [0.717, 1.165) is 10.8 Å². The summed E-state index contributed by atoms with van der Waals surface area (Å²) in [5.41, 5.74) is 13.4. The molecule has 3 heterocycles. The second kappa shape index (κ2) is 6.50. The maximum Gasteiger partial charge on any atom is 0.256 e. The highest BCUT2D eigenvalue weighted by Crippen LogP contribution is 2.52. The van der Waals surface area contributed by atoms with Gasteiger partial charge in [-0.15, -0.1) is 0 Å². The molecule has 0 spiro atoms. The number of nitrogens with one attached hydrogen (secondary N) is 1. The van der Waals surface area contributed by atoms with Crippen LogP contribution in [0.15, 0.2) is 47.3 Å². The zero-order valence-electron chi connectivity index (χ0n) is 16.4. The standard InChI is InChI=1S/C23H17N5O3/c1-10-8-14(29)17(22(30)27-10)18-16-12-5-3-2-4-11(12)6-7-15(16)31-23-19(18)20(25)13(9-24)21(26)28-23/h2-8,18H,1H3,(H4,25,26,28)(H2,27,29,30). The number of pyridine rings is 2. The normalized spacial score (nSPS) is 14.4. The minimum atomic E-state index is -0.825. The van der Waals surface area contributed by atoms with Gasteiger partial charge in [0.05, 0.1) is 22.7 Å². The molecule has 2 aromatic heterocycles. The molecular formula is C23H17N5O3. The average Bonchev–Trinajstić information content (AvgIpc) is 2.72. The van der Waals surface area contributed by atoms with Gasteiger partial charge in [-0.1, -0.05) is 30.3 Å². The molecule has 2 aromatic carbocycles. The monoisotopic (exact) mass is 411 g/mol. The van der Waals surface area contributed by atoms with Crippen molar-refractivity contribution in [1.82, 2.24) is 9.97 Å². The Morgan fingerprint density at radius 2 is 1.94 bits per heavy atom. The molecule has 0 aliphatic carbocycles. The van der Waals surface area contributed by atoms with Crippen LogP contribution in [0.4, 0.5) is 11.5 Å². The number of aromatic amines is 1. The van der Waals surface area contributed by atoms with Gasteiger partial charge < -0.3 is 26.3 Å². The number of aromatic nitrogens is 2. The first-order chi connectivity index (χ1) is 14.9. The largest absolute Gasteiger partial charge is 0.507 e. The van der Waals surface area contributed by atoms with Crippen LogP contribution in [-0.2, 0) is 0 Å². The number of aromatic hydroxyl groups is 1. The van der Waals surface area contributed by atoms with E-state index in [1.165, 1.54) is 6.07 Å². The first kappa shape index (κ1) is 18.5. The number of rotatable bonds is 1. The Labute approximate surface area is 176 Å². The van der Waals surface area contributed by atoms with Gasteiger partial charge in [-0.05, 0) is 29.8 Å². The number of nitrogen functional groups attached to an aromatic ring is 2. The lowest BCUT2D eigenvalue weighted by Gasteiger charge is -2.30. The van der Waals surface area contributed by atoms with Gasteiger partial charge in [0, 0.05) is 11.3 Å². The van der Waals surface area contributed by atoms with Crippen LogP contribution in [0.2, 0.25) is 0 Å². The van der Waals surface area contributed by atoms with Gasteiger partial charge in [-0.25, -0.2) is 0 Å².